The van der Waals surface area contributed by atoms with Gasteiger partial charge in [-0.05, 0) is 54.7 Å². The highest BCUT2D eigenvalue weighted by atomic mass is 16.5. The molecule has 0 saturated carbocycles. The van der Waals surface area contributed by atoms with E-state index in [0.717, 1.165) is 57.1 Å². The Morgan fingerprint density at radius 1 is 0.897 bits per heavy atom. The predicted octanol–water partition coefficient (Wildman–Crippen LogP) is 3.44. The van der Waals surface area contributed by atoms with Gasteiger partial charge in [-0.3, -0.25) is 9.69 Å². The summed E-state index contributed by atoms with van der Waals surface area (Å²) in [7, 11) is 0. The number of benzene rings is 2. The van der Waals surface area contributed by atoms with Crippen LogP contribution in [0.5, 0.6) is 0 Å². The summed E-state index contributed by atoms with van der Waals surface area (Å²) in [4.78, 5) is 17.4. The standard InChI is InChI=1S/C24H31N3O2/c28-24(22-6-4-5-21(17-22)19-26-13-15-29-16-14-26)25-18-20-7-9-23(10-8-20)27-11-2-1-3-12-27/h4-10,17H,1-3,11-16,18-19H2,(H,25,28). The van der Waals surface area contributed by atoms with Crippen molar-refractivity contribution >= 4 is 11.6 Å². The van der Waals surface area contributed by atoms with Gasteiger partial charge in [-0.1, -0.05) is 24.3 Å². The maximum absolute atomic E-state index is 12.6. The molecule has 1 amide bonds. The number of ether oxygens (including phenoxy) is 1. The fraction of sp³-hybridized carbons (Fsp3) is 0.458. The summed E-state index contributed by atoms with van der Waals surface area (Å²) < 4.78 is 5.41. The number of anilines is 1. The van der Waals surface area contributed by atoms with E-state index in [4.69, 9.17) is 4.74 Å². The number of carbonyl (C=O) groups is 1. The van der Waals surface area contributed by atoms with E-state index in [9.17, 15) is 4.79 Å². The van der Waals surface area contributed by atoms with Gasteiger partial charge >= 0.3 is 0 Å². The topological polar surface area (TPSA) is 44.8 Å². The van der Waals surface area contributed by atoms with Crippen molar-refractivity contribution in [2.75, 3.05) is 44.3 Å². The summed E-state index contributed by atoms with van der Waals surface area (Å²) >= 11 is 0. The summed E-state index contributed by atoms with van der Waals surface area (Å²) in [5.74, 6) is -0.0195. The molecule has 0 aliphatic carbocycles. The molecule has 0 spiro atoms. The van der Waals surface area contributed by atoms with Crippen molar-refractivity contribution in [1.29, 1.82) is 0 Å². The van der Waals surface area contributed by atoms with Crippen LogP contribution >= 0.6 is 0 Å². The predicted molar refractivity (Wildman–Crippen MR) is 116 cm³/mol. The van der Waals surface area contributed by atoms with Crippen LogP contribution in [0.15, 0.2) is 48.5 Å². The second kappa shape index (κ2) is 9.90. The maximum Gasteiger partial charge on any atom is 0.251 e. The number of carbonyl (C=O) groups excluding carboxylic acids is 1. The number of amides is 1. The van der Waals surface area contributed by atoms with Gasteiger partial charge in [0.05, 0.1) is 13.2 Å². The van der Waals surface area contributed by atoms with Gasteiger partial charge < -0.3 is 15.0 Å². The fourth-order valence-electron chi connectivity index (χ4n) is 4.09. The Hall–Kier alpha value is -2.37. The Kier molecular flexibility index (Phi) is 6.80. The lowest BCUT2D eigenvalue weighted by atomic mass is 10.1. The van der Waals surface area contributed by atoms with E-state index < -0.39 is 0 Å². The molecule has 2 heterocycles. The fourth-order valence-corrected chi connectivity index (χ4v) is 4.09. The molecule has 2 aromatic rings. The minimum atomic E-state index is -0.0195. The SMILES string of the molecule is O=C(NCc1ccc(N2CCCCC2)cc1)c1cccc(CN2CCOCC2)c1. The Balaban J connectivity index is 1.30. The molecule has 1 N–H and O–H groups in total. The lowest BCUT2D eigenvalue weighted by Gasteiger charge is -2.28. The normalized spacial score (nSPS) is 17.9. The van der Waals surface area contributed by atoms with Crippen LogP contribution in [0, 0.1) is 0 Å². The molecular formula is C24H31N3O2. The third-order valence-electron chi connectivity index (χ3n) is 5.81. The quantitative estimate of drug-likeness (QED) is 0.817. The van der Waals surface area contributed by atoms with E-state index in [1.54, 1.807) is 0 Å². The third-order valence-corrected chi connectivity index (χ3v) is 5.81. The van der Waals surface area contributed by atoms with Crippen molar-refractivity contribution in [3.05, 3.63) is 65.2 Å². The molecule has 2 fully saturated rings. The number of hydrogen-bond acceptors (Lipinski definition) is 4. The molecule has 154 valence electrons. The van der Waals surface area contributed by atoms with Crippen LogP contribution in [0.4, 0.5) is 5.69 Å². The van der Waals surface area contributed by atoms with Gasteiger partial charge in [0.2, 0.25) is 0 Å². The first-order valence-corrected chi connectivity index (χ1v) is 10.8. The Labute approximate surface area is 173 Å². The summed E-state index contributed by atoms with van der Waals surface area (Å²) in [6.45, 7) is 7.18. The highest BCUT2D eigenvalue weighted by Gasteiger charge is 2.13. The summed E-state index contributed by atoms with van der Waals surface area (Å²) in [5.41, 5.74) is 4.31. The van der Waals surface area contributed by atoms with Gasteiger partial charge in [0, 0.05) is 50.5 Å². The van der Waals surface area contributed by atoms with Crippen molar-refractivity contribution in [2.45, 2.75) is 32.4 Å². The van der Waals surface area contributed by atoms with Crippen molar-refractivity contribution in [2.24, 2.45) is 0 Å². The lowest BCUT2D eigenvalue weighted by Crippen LogP contribution is -2.35. The molecule has 2 aliphatic rings. The van der Waals surface area contributed by atoms with E-state index in [2.05, 4.69) is 45.4 Å². The van der Waals surface area contributed by atoms with E-state index in [0.29, 0.717) is 6.54 Å². The summed E-state index contributed by atoms with van der Waals surface area (Å²) in [5, 5.41) is 3.06. The molecule has 5 nitrogen and oxygen atoms in total. The molecule has 5 heteroatoms. The minimum Gasteiger partial charge on any atom is -0.379 e. The lowest BCUT2D eigenvalue weighted by molar-refractivity contribution is 0.0342. The number of nitrogens with one attached hydrogen (secondary N) is 1. The number of rotatable bonds is 6. The van der Waals surface area contributed by atoms with Crippen LogP contribution in [-0.2, 0) is 17.8 Å². The van der Waals surface area contributed by atoms with Gasteiger partial charge in [0.1, 0.15) is 0 Å². The smallest absolute Gasteiger partial charge is 0.251 e. The van der Waals surface area contributed by atoms with Crippen LogP contribution in [0.3, 0.4) is 0 Å². The molecule has 0 radical (unpaired) electrons. The average molecular weight is 394 g/mol. The van der Waals surface area contributed by atoms with Crippen molar-refractivity contribution in [1.82, 2.24) is 10.2 Å². The van der Waals surface area contributed by atoms with Crippen LogP contribution in [-0.4, -0.2) is 50.2 Å². The zero-order valence-corrected chi connectivity index (χ0v) is 17.1. The molecule has 4 rings (SSSR count). The van der Waals surface area contributed by atoms with Gasteiger partial charge in [0.15, 0.2) is 0 Å². The van der Waals surface area contributed by atoms with Gasteiger partial charge in [-0.25, -0.2) is 0 Å². The minimum absolute atomic E-state index is 0.0195. The first-order valence-electron chi connectivity index (χ1n) is 10.8. The molecule has 0 aromatic heterocycles. The first kappa shape index (κ1) is 19.9. The Morgan fingerprint density at radius 2 is 1.66 bits per heavy atom. The number of nitrogens with zero attached hydrogens (tertiary/aromatic N) is 2. The van der Waals surface area contributed by atoms with Crippen LogP contribution in [0.1, 0.15) is 40.7 Å². The van der Waals surface area contributed by atoms with Gasteiger partial charge in [-0.15, -0.1) is 0 Å². The largest absolute Gasteiger partial charge is 0.379 e. The zero-order chi connectivity index (χ0) is 19.9. The molecular weight excluding hydrogens is 362 g/mol. The van der Waals surface area contributed by atoms with E-state index in [-0.39, 0.29) is 5.91 Å². The Bertz CT molecular complexity index is 794. The highest BCUT2D eigenvalue weighted by molar-refractivity contribution is 5.94. The third kappa shape index (κ3) is 5.58. The van der Waals surface area contributed by atoms with Crippen LogP contribution in [0.25, 0.3) is 0 Å². The van der Waals surface area contributed by atoms with Gasteiger partial charge in [0.25, 0.3) is 5.91 Å². The molecule has 2 aliphatic heterocycles. The molecule has 0 bridgehead atoms. The second-order valence-corrected chi connectivity index (χ2v) is 7.99. The Morgan fingerprint density at radius 3 is 2.41 bits per heavy atom. The second-order valence-electron chi connectivity index (χ2n) is 7.99. The summed E-state index contributed by atoms with van der Waals surface area (Å²) in [6.07, 6.45) is 3.90. The van der Waals surface area contributed by atoms with Crippen LogP contribution in [0.2, 0.25) is 0 Å². The summed E-state index contributed by atoms with van der Waals surface area (Å²) in [6, 6.07) is 16.6. The number of piperidine rings is 1. The monoisotopic (exact) mass is 393 g/mol. The number of morpholine rings is 1. The average Bonchev–Trinajstić information content (AvgIpc) is 2.79. The van der Waals surface area contributed by atoms with Crippen molar-refractivity contribution in [3.8, 4) is 0 Å². The van der Waals surface area contributed by atoms with Crippen LogP contribution < -0.4 is 10.2 Å². The first-order chi connectivity index (χ1) is 14.3. The van der Waals surface area contributed by atoms with Gasteiger partial charge in [-0.2, -0.15) is 0 Å². The van der Waals surface area contributed by atoms with Crippen molar-refractivity contribution in [3.63, 3.8) is 0 Å². The van der Waals surface area contributed by atoms with E-state index in [1.807, 2.05) is 18.2 Å². The van der Waals surface area contributed by atoms with Crippen molar-refractivity contribution < 1.29 is 9.53 Å². The van der Waals surface area contributed by atoms with E-state index in [1.165, 1.54) is 30.5 Å². The highest BCUT2D eigenvalue weighted by Crippen LogP contribution is 2.20. The molecule has 29 heavy (non-hydrogen) atoms. The molecule has 2 aromatic carbocycles. The molecule has 0 atom stereocenters. The molecule has 2 saturated heterocycles. The maximum atomic E-state index is 12.6. The molecule has 0 unspecified atom stereocenters. The van der Waals surface area contributed by atoms with E-state index >= 15 is 0 Å². The number of hydrogen-bond donors (Lipinski definition) is 1. The zero-order valence-electron chi connectivity index (χ0n) is 17.1.